The average Bonchev–Trinajstić information content (AvgIpc) is 2.28. The first-order chi connectivity index (χ1) is 7.54. The number of aliphatic hydroxyl groups is 1. The van der Waals surface area contributed by atoms with E-state index in [1.165, 1.54) is 12.1 Å². The number of benzene rings is 1. The molecule has 2 atom stereocenters. The Hall–Kier alpha value is -0.930. The Bertz CT molecular complexity index is 342. The number of halogens is 1. The summed E-state index contributed by atoms with van der Waals surface area (Å²) in [5.74, 6) is -0.312. The van der Waals surface area contributed by atoms with E-state index >= 15 is 0 Å². The van der Waals surface area contributed by atoms with Crippen LogP contribution in [0.1, 0.15) is 32.8 Å². The third-order valence-corrected chi connectivity index (χ3v) is 3.09. The van der Waals surface area contributed by atoms with E-state index in [0.29, 0.717) is 12.0 Å². The fraction of sp³-hybridized carbons (Fsp3) is 0.538. The number of likely N-dealkylation sites (N-methyl/N-ethyl adjacent to an activating group) is 1. The molecule has 0 amide bonds. The smallest absolute Gasteiger partial charge is 0.123 e. The second-order valence-electron chi connectivity index (χ2n) is 4.07. The summed E-state index contributed by atoms with van der Waals surface area (Å²) >= 11 is 0. The predicted octanol–water partition coefficient (Wildman–Crippen LogP) is 2.42. The highest BCUT2D eigenvalue weighted by molar-refractivity contribution is 5.25. The van der Waals surface area contributed by atoms with Crippen molar-refractivity contribution in [3.63, 3.8) is 0 Å². The summed E-state index contributed by atoms with van der Waals surface area (Å²) < 4.78 is 13.2. The second-order valence-corrected chi connectivity index (χ2v) is 4.07. The molecule has 0 spiro atoms. The second kappa shape index (κ2) is 5.41. The molecule has 0 aliphatic carbocycles. The molecule has 16 heavy (non-hydrogen) atoms. The van der Waals surface area contributed by atoms with Gasteiger partial charge in [-0.05, 0) is 37.6 Å². The SMILES string of the molecule is CCNC(C)C(O)(CC)c1cccc(F)c1. The van der Waals surface area contributed by atoms with Gasteiger partial charge in [-0.25, -0.2) is 4.39 Å². The fourth-order valence-electron chi connectivity index (χ4n) is 1.99. The van der Waals surface area contributed by atoms with E-state index < -0.39 is 5.60 Å². The predicted molar refractivity (Wildman–Crippen MR) is 63.7 cm³/mol. The lowest BCUT2D eigenvalue weighted by molar-refractivity contribution is -0.00104. The van der Waals surface area contributed by atoms with Crippen LogP contribution in [0.2, 0.25) is 0 Å². The fourth-order valence-corrected chi connectivity index (χ4v) is 1.99. The summed E-state index contributed by atoms with van der Waals surface area (Å²) in [4.78, 5) is 0. The molecule has 0 aliphatic heterocycles. The van der Waals surface area contributed by atoms with Crippen molar-refractivity contribution in [2.75, 3.05) is 6.54 Å². The Morgan fingerprint density at radius 1 is 1.44 bits per heavy atom. The Labute approximate surface area is 96.5 Å². The standard InChI is InChI=1S/C13H20FNO/c1-4-13(16,10(3)15-5-2)11-7-6-8-12(14)9-11/h6-10,15-16H,4-5H2,1-3H3. The van der Waals surface area contributed by atoms with Crippen LogP contribution < -0.4 is 5.32 Å². The molecule has 1 rings (SSSR count). The normalized spacial score (nSPS) is 16.8. The zero-order valence-corrected chi connectivity index (χ0v) is 10.1. The van der Waals surface area contributed by atoms with Crippen molar-refractivity contribution in [1.29, 1.82) is 0 Å². The maximum atomic E-state index is 13.2. The van der Waals surface area contributed by atoms with Gasteiger partial charge in [0.05, 0.1) is 0 Å². The molecular weight excluding hydrogens is 205 g/mol. The average molecular weight is 225 g/mol. The van der Waals surface area contributed by atoms with Gasteiger partial charge in [0.15, 0.2) is 0 Å². The van der Waals surface area contributed by atoms with Gasteiger partial charge >= 0.3 is 0 Å². The van der Waals surface area contributed by atoms with E-state index in [4.69, 9.17) is 0 Å². The zero-order valence-electron chi connectivity index (χ0n) is 10.1. The van der Waals surface area contributed by atoms with E-state index in [2.05, 4.69) is 5.32 Å². The van der Waals surface area contributed by atoms with Crippen molar-refractivity contribution in [1.82, 2.24) is 5.32 Å². The molecule has 0 fully saturated rings. The van der Waals surface area contributed by atoms with Gasteiger partial charge in [0, 0.05) is 6.04 Å². The molecule has 0 saturated carbocycles. The lowest BCUT2D eigenvalue weighted by Gasteiger charge is -2.34. The van der Waals surface area contributed by atoms with Crippen LogP contribution in [0.15, 0.2) is 24.3 Å². The van der Waals surface area contributed by atoms with Crippen molar-refractivity contribution in [3.8, 4) is 0 Å². The maximum Gasteiger partial charge on any atom is 0.123 e. The summed E-state index contributed by atoms with van der Waals surface area (Å²) in [7, 11) is 0. The minimum atomic E-state index is -1.02. The van der Waals surface area contributed by atoms with E-state index in [-0.39, 0.29) is 11.9 Å². The molecule has 0 aliphatic rings. The lowest BCUT2D eigenvalue weighted by Crippen LogP contribution is -2.46. The van der Waals surface area contributed by atoms with Gasteiger partial charge < -0.3 is 10.4 Å². The van der Waals surface area contributed by atoms with Crippen molar-refractivity contribution in [3.05, 3.63) is 35.6 Å². The summed E-state index contributed by atoms with van der Waals surface area (Å²) in [6.45, 7) is 6.58. The molecule has 2 unspecified atom stereocenters. The van der Waals surface area contributed by atoms with E-state index in [1.54, 1.807) is 12.1 Å². The first kappa shape index (κ1) is 13.1. The monoisotopic (exact) mass is 225 g/mol. The zero-order chi connectivity index (χ0) is 12.2. The number of nitrogens with one attached hydrogen (secondary N) is 1. The highest BCUT2D eigenvalue weighted by Crippen LogP contribution is 2.29. The molecule has 3 heteroatoms. The van der Waals surface area contributed by atoms with E-state index in [1.807, 2.05) is 20.8 Å². The van der Waals surface area contributed by atoms with Crippen LogP contribution in [-0.4, -0.2) is 17.7 Å². The van der Waals surface area contributed by atoms with Crippen LogP contribution in [0.4, 0.5) is 4.39 Å². The highest BCUT2D eigenvalue weighted by Gasteiger charge is 2.33. The summed E-state index contributed by atoms with van der Waals surface area (Å²) in [6, 6.07) is 6.07. The summed E-state index contributed by atoms with van der Waals surface area (Å²) in [5.41, 5.74) is -0.388. The molecule has 0 bridgehead atoms. The number of rotatable bonds is 5. The van der Waals surface area contributed by atoms with Crippen LogP contribution >= 0.6 is 0 Å². The van der Waals surface area contributed by atoms with Crippen molar-refractivity contribution < 1.29 is 9.50 Å². The molecule has 2 N–H and O–H groups in total. The van der Waals surface area contributed by atoms with Crippen LogP contribution in [0, 0.1) is 5.82 Å². The third kappa shape index (κ3) is 2.60. The molecule has 1 aromatic rings. The molecule has 2 nitrogen and oxygen atoms in total. The molecule has 0 aromatic heterocycles. The number of hydrogen-bond donors (Lipinski definition) is 2. The van der Waals surface area contributed by atoms with Crippen molar-refractivity contribution in [2.24, 2.45) is 0 Å². The van der Waals surface area contributed by atoms with Crippen molar-refractivity contribution in [2.45, 2.75) is 38.8 Å². The van der Waals surface area contributed by atoms with Crippen molar-refractivity contribution >= 4 is 0 Å². The first-order valence-electron chi connectivity index (χ1n) is 5.76. The van der Waals surface area contributed by atoms with Gasteiger partial charge in [0.2, 0.25) is 0 Å². The Balaban J connectivity index is 3.04. The Morgan fingerprint density at radius 3 is 2.62 bits per heavy atom. The molecule has 0 saturated heterocycles. The van der Waals surface area contributed by atoms with Gasteiger partial charge in [-0.1, -0.05) is 26.0 Å². The summed E-state index contributed by atoms with van der Waals surface area (Å²) in [5, 5.41) is 13.8. The minimum Gasteiger partial charge on any atom is -0.384 e. The van der Waals surface area contributed by atoms with Gasteiger partial charge in [-0.2, -0.15) is 0 Å². The summed E-state index contributed by atoms with van der Waals surface area (Å²) in [6.07, 6.45) is 0.546. The van der Waals surface area contributed by atoms with E-state index in [0.717, 1.165) is 6.54 Å². The van der Waals surface area contributed by atoms with Gasteiger partial charge in [-0.15, -0.1) is 0 Å². The lowest BCUT2D eigenvalue weighted by atomic mass is 9.84. The molecule has 90 valence electrons. The van der Waals surface area contributed by atoms with Crippen LogP contribution in [0.3, 0.4) is 0 Å². The number of hydrogen-bond acceptors (Lipinski definition) is 2. The molecular formula is C13H20FNO. The quantitative estimate of drug-likeness (QED) is 0.806. The van der Waals surface area contributed by atoms with Gasteiger partial charge in [0.1, 0.15) is 11.4 Å². The van der Waals surface area contributed by atoms with E-state index in [9.17, 15) is 9.50 Å². The Morgan fingerprint density at radius 2 is 2.12 bits per heavy atom. The molecule has 1 aromatic carbocycles. The first-order valence-corrected chi connectivity index (χ1v) is 5.76. The minimum absolute atomic E-state index is 0.107. The molecule has 0 radical (unpaired) electrons. The largest absolute Gasteiger partial charge is 0.384 e. The van der Waals surface area contributed by atoms with Gasteiger partial charge in [-0.3, -0.25) is 0 Å². The van der Waals surface area contributed by atoms with Crippen LogP contribution in [0.25, 0.3) is 0 Å². The van der Waals surface area contributed by atoms with Gasteiger partial charge in [0.25, 0.3) is 0 Å². The maximum absolute atomic E-state index is 13.2. The molecule has 0 heterocycles. The Kier molecular flexibility index (Phi) is 4.44. The highest BCUT2D eigenvalue weighted by atomic mass is 19.1. The topological polar surface area (TPSA) is 32.3 Å². The third-order valence-electron chi connectivity index (χ3n) is 3.09. The van der Waals surface area contributed by atoms with Crippen LogP contribution in [0.5, 0.6) is 0 Å². The van der Waals surface area contributed by atoms with Crippen LogP contribution in [-0.2, 0) is 5.60 Å².